The second-order valence-corrected chi connectivity index (χ2v) is 5.75. The van der Waals surface area contributed by atoms with Crippen LogP contribution in [0.2, 0.25) is 0 Å². The van der Waals surface area contributed by atoms with Gasteiger partial charge in [0.2, 0.25) is 0 Å². The molecule has 0 spiro atoms. The van der Waals surface area contributed by atoms with Gasteiger partial charge in [0.15, 0.2) is 5.16 Å². The minimum atomic E-state index is 0.847. The molecule has 2 heterocycles. The van der Waals surface area contributed by atoms with E-state index in [2.05, 4.69) is 33.3 Å². The van der Waals surface area contributed by atoms with Crippen molar-refractivity contribution in [2.24, 2.45) is 0 Å². The third-order valence-corrected chi connectivity index (χ3v) is 4.09. The average Bonchev–Trinajstić information content (AvgIpc) is 2.94. The summed E-state index contributed by atoms with van der Waals surface area (Å²) in [5.74, 6) is 1.82. The number of hydrogen-bond donors (Lipinski definition) is 2. The lowest BCUT2D eigenvalue weighted by atomic mass is 10.3. The van der Waals surface area contributed by atoms with Crippen LogP contribution in [-0.2, 0) is 5.75 Å². The fraction of sp³-hybridized carbons (Fsp3) is 0.250. The summed E-state index contributed by atoms with van der Waals surface area (Å²) in [5.41, 5.74) is 3.29. The SMILES string of the molecule is CCCNc1ncccc1CSc1nc2ccccc2[nH]1. The van der Waals surface area contributed by atoms with Crippen LogP contribution in [0.5, 0.6) is 0 Å². The second kappa shape index (κ2) is 6.63. The first-order chi connectivity index (χ1) is 10.4. The number of thioether (sulfide) groups is 1. The number of benzene rings is 1. The van der Waals surface area contributed by atoms with Crippen molar-refractivity contribution >= 4 is 28.6 Å². The van der Waals surface area contributed by atoms with E-state index in [-0.39, 0.29) is 0 Å². The van der Waals surface area contributed by atoms with Gasteiger partial charge < -0.3 is 10.3 Å². The molecule has 0 aliphatic rings. The Morgan fingerprint density at radius 2 is 2.10 bits per heavy atom. The zero-order valence-electron chi connectivity index (χ0n) is 12.0. The minimum Gasteiger partial charge on any atom is -0.370 e. The Hall–Kier alpha value is -2.01. The van der Waals surface area contributed by atoms with Crippen molar-refractivity contribution < 1.29 is 0 Å². The first-order valence-electron chi connectivity index (χ1n) is 7.12. The normalized spacial score (nSPS) is 10.9. The monoisotopic (exact) mass is 298 g/mol. The molecule has 0 amide bonds. The molecule has 0 saturated carbocycles. The molecule has 3 aromatic rings. The Balaban J connectivity index is 1.72. The van der Waals surface area contributed by atoms with Crippen LogP contribution in [0.15, 0.2) is 47.8 Å². The fourth-order valence-electron chi connectivity index (χ4n) is 2.10. The second-order valence-electron chi connectivity index (χ2n) is 4.79. The summed E-state index contributed by atoms with van der Waals surface area (Å²) in [7, 11) is 0. The van der Waals surface area contributed by atoms with Gasteiger partial charge in [0.05, 0.1) is 11.0 Å². The highest BCUT2D eigenvalue weighted by molar-refractivity contribution is 7.98. The molecular weight excluding hydrogens is 280 g/mol. The number of fused-ring (bicyclic) bond motifs is 1. The summed E-state index contributed by atoms with van der Waals surface area (Å²) in [5, 5.41) is 4.32. The Morgan fingerprint density at radius 1 is 1.19 bits per heavy atom. The van der Waals surface area contributed by atoms with Crippen LogP contribution in [0.4, 0.5) is 5.82 Å². The first kappa shape index (κ1) is 13.9. The number of rotatable bonds is 6. The smallest absolute Gasteiger partial charge is 0.166 e. The van der Waals surface area contributed by atoms with E-state index in [9.17, 15) is 0 Å². The molecule has 0 unspecified atom stereocenters. The summed E-state index contributed by atoms with van der Waals surface area (Å²) in [4.78, 5) is 12.3. The molecule has 0 aliphatic heterocycles. The molecular formula is C16H18N4S. The van der Waals surface area contributed by atoms with E-state index in [1.165, 1.54) is 5.56 Å². The highest BCUT2D eigenvalue weighted by Crippen LogP contribution is 2.25. The van der Waals surface area contributed by atoms with Crippen molar-refractivity contribution in [1.82, 2.24) is 15.0 Å². The van der Waals surface area contributed by atoms with E-state index >= 15 is 0 Å². The molecule has 3 rings (SSSR count). The number of pyridine rings is 1. The summed E-state index contributed by atoms with van der Waals surface area (Å²) >= 11 is 1.70. The quantitative estimate of drug-likeness (QED) is 0.673. The van der Waals surface area contributed by atoms with Gasteiger partial charge in [0.1, 0.15) is 5.82 Å². The van der Waals surface area contributed by atoms with Crippen molar-refractivity contribution in [3.05, 3.63) is 48.2 Å². The van der Waals surface area contributed by atoms with Gasteiger partial charge in [-0.1, -0.05) is 36.9 Å². The van der Waals surface area contributed by atoms with E-state index < -0.39 is 0 Å². The van der Waals surface area contributed by atoms with Crippen LogP contribution in [0.1, 0.15) is 18.9 Å². The summed E-state index contributed by atoms with van der Waals surface area (Å²) in [6.07, 6.45) is 2.92. The predicted octanol–water partition coefficient (Wildman–Crippen LogP) is 4.07. The zero-order valence-corrected chi connectivity index (χ0v) is 12.8. The molecule has 21 heavy (non-hydrogen) atoms. The van der Waals surface area contributed by atoms with Gasteiger partial charge in [0, 0.05) is 24.1 Å². The maximum atomic E-state index is 4.59. The molecule has 0 saturated heterocycles. The van der Waals surface area contributed by atoms with E-state index in [4.69, 9.17) is 0 Å². The lowest BCUT2D eigenvalue weighted by Gasteiger charge is -2.08. The standard InChI is InChI=1S/C16H18N4S/c1-2-9-17-15-12(6-5-10-18-15)11-21-16-19-13-7-3-4-8-14(13)20-16/h3-8,10H,2,9,11H2,1H3,(H,17,18)(H,19,20). The van der Waals surface area contributed by atoms with Crippen molar-refractivity contribution in [2.75, 3.05) is 11.9 Å². The largest absolute Gasteiger partial charge is 0.370 e. The van der Waals surface area contributed by atoms with E-state index in [1.54, 1.807) is 11.8 Å². The maximum Gasteiger partial charge on any atom is 0.166 e. The molecule has 1 aromatic carbocycles. The van der Waals surface area contributed by atoms with Crippen LogP contribution in [0, 0.1) is 0 Å². The van der Waals surface area contributed by atoms with Gasteiger partial charge in [-0.3, -0.25) is 0 Å². The number of nitrogens with one attached hydrogen (secondary N) is 2. The molecule has 0 atom stereocenters. The van der Waals surface area contributed by atoms with E-state index in [1.807, 2.05) is 36.5 Å². The van der Waals surface area contributed by atoms with Crippen LogP contribution < -0.4 is 5.32 Å². The van der Waals surface area contributed by atoms with Gasteiger partial charge in [-0.05, 0) is 24.6 Å². The third kappa shape index (κ3) is 3.36. The number of anilines is 1. The van der Waals surface area contributed by atoms with Gasteiger partial charge in [-0.25, -0.2) is 9.97 Å². The van der Waals surface area contributed by atoms with Crippen LogP contribution in [0.25, 0.3) is 11.0 Å². The highest BCUT2D eigenvalue weighted by atomic mass is 32.2. The minimum absolute atomic E-state index is 0.847. The van der Waals surface area contributed by atoms with E-state index in [0.29, 0.717) is 0 Å². The Morgan fingerprint density at radius 3 is 2.95 bits per heavy atom. The third-order valence-electron chi connectivity index (χ3n) is 3.17. The predicted molar refractivity (Wildman–Crippen MR) is 88.7 cm³/mol. The van der Waals surface area contributed by atoms with Crippen molar-refractivity contribution in [2.45, 2.75) is 24.3 Å². The molecule has 0 aliphatic carbocycles. The first-order valence-corrected chi connectivity index (χ1v) is 8.10. The van der Waals surface area contributed by atoms with Crippen molar-refractivity contribution in [3.63, 3.8) is 0 Å². The number of H-pyrrole nitrogens is 1. The highest BCUT2D eigenvalue weighted by Gasteiger charge is 2.06. The number of nitrogens with zero attached hydrogens (tertiary/aromatic N) is 2. The fourth-order valence-corrected chi connectivity index (χ4v) is 2.97. The lowest BCUT2D eigenvalue weighted by Crippen LogP contribution is -2.04. The maximum absolute atomic E-state index is 4.59. The van der Waals surface area contributed by atoms with Crippen molar-refractivity contribution in [3.8, 4) is 0 Å². The van der Waals surface area contributed by atoms with Crippen LogP contribution in [0.3, 0.4) is 0 Å². The topological polar surface area (TPSA) is 53.6 Å². The summed E-state index contributed by atoms with van der Waals surface area (Å²) in [6, 6.07) is 12.2. The summed E-state index contributed by atoms with van der Waals surface area (Å²) < 4.78 is 0. The zero-order chi connectivity index (χ0) is 14.5. The number of aromatic amines is 1. The van der Waals surface area contributed by atoms with Crippen molar-refractivity contribution in [1.29, 1.82) is 0 Å². The molecule has 2 N–H and O–H groups in total. The average molecular weight is 298 g/mol. The van der Waals surface area contributed by atoms with Crippen LogP contribution >= 0.6 is 11.8 Å². The van der Waals surface area contributed by atoms with E-state index in [0.717, 1.165) is 40.7 Å². The van der Waals surface area contributed by atoms with Gasteiger partial charge >= 0.3 is 0 Å². The number of imidazole rings is 1. The number of hydrogen-bond acceptors (Lipinski definition) is 4. The van der Waals surface area contributed by atoms with Crippen LogP contribution in [-0.4, -0.2) is 21.5 Å². The number of para-hydroxylation sites is 2. The molecule has 0 fully saturated rings. The Bertz CT molecular complexity index is 690. The molecule has 0 radical (unpaired) electrons. The molecule has 0 bridgehead atoms. The molecule has 5 heteroatoms. The lowest BCUT2D eigenvalue weighted by molar-refractivity contribution is 0.964. The molecule has 4 nitrogen and oxygen atoms in total. The Kier molecular flexibility index (Phi) is 4.40. The number of aromatic nitrogens is 3. The molecule has 108 valence electrons. The molecule has 2 aromatic heterocycles. The van der Waals surface area contributed by atoms with Gasteiger partial charge in [-0.2, -0.15) is 0 Å². The van der Waals surface area contributed by atoms with Gasteiger partial charge in [0.25, 0.3) is 0 Å². The Labute approximate surface area is 128 Å². The summed E-state index contributed by atoms with van der Waals surface area (Å²) in [6.45, 7) is 3.10. The van der Waals surface area contributed by atoms with Gasteiger partial charge in [-0.15, -0.1) is 0 Å².